The number of nitrogens with one attached hydrogen (secondary N) is 1. The standard InChI is InChI=1S/C17H14N2O2/c20-17(21)14-8-6-12(7-9-14)11-19-15-5-1-3-13-4-2-10-18-16(13)15/h1-10,19H,11H2,(H,20,21). The molecule has 0 radical (unpaired) electrons. The number of hydrogen-bond acceptors (Lipinski definition) is 3. The molecule has 1 heterocycles. The van der Waals surface area contributed by atoms with Gasteiger partial charge in [0.15, 0.2) is 0 Å². The number of pyridine rings is 1. The maximum absolute atomic E-state index is 10.8. The molecule has 0 atom stereocenters. The fraction of sp³-hybridized carbons (Fsp3) is 0.0588. The fourth-order valence-electron chi connectivity index (χ4n) is 2.21. The number of aromatic carboxylic acids is 1. The first-order chi connectivity index (χ1) is 10.2. The molecule has 0 fully saturated rings. The second kappa shape index (κ2) is 5.63. The van der Waals surface area contributed by atoms with Crippen LogP contribution in [0.25, 0.3) is 10.9 Å². The lowest BCUT2D eigenvalue weighted by atomic mass is 10.1. The van der Waals surface area contributed by atoms with Crippen LogP contribution in [0.5, 0.6) is 0 Å². The molecule has 1 aromatic heterocycles. The summed E-state index contributed by atoms with van der Waals surface area (Å²) in [5, 5.41) is 13.3. The van der Waals surface area contributed by atoms with Crippen LogP contribution in [0.2, 0.25) is 0 Å². The molecule has 4 heteroatoms. The van der Waals surface area contributed by atoms with Gasteiger partial charge < -0.3 is 10.4 Å². The Labute approximate surface area is 122 Å². The first-order valence-electron chi connectivity index (χ1n) is 6.64. The molecule has 104 valence electrons. The van der Waals surface area contributed by atoms with Gasteiger partial charge in [-0.15, -0.1) is 0 Å². The maximum atomic E-state index is 10.8. The van der Waals surface area contributed by atoms with Crippen LogP contribution in [0, 0.1) is 0 Å². The average Bonchev–Trinajstić information content (AvgIpc) is 2.53. The predicted octanol–water partition coefficient (Wildman–Crippen LogP) is 3.55. The minimum absolute atomic E-state index is 0.297. The number of para-hydroxylation sites is 1. The van der Waals surface area contributed by atoms with Crippen LogP contribution in [-0.2, 0) is 6.54 Å². The Kier molecular flexibility index (Phi) is 3.51. The van der Waals surface area contributed by atoms with Gasteiger partial charge in [0.2, 0.25) is 0 Å². The molecule has 2 aromatic carbocycles. The van der Waals surface area contributed by atoms with Crippen molar-refractivity contribution in [1.29, 1.82) is 0 Å². The zero-order chi connectivity index (χ0) is 14.7. The van der Waals surface area contributed by atoms with Crippen molar-refractivity contribution in [2.45, 2.75) is 6.54 Å². The van der Waals surface area contributed by atoms with Gasteiger partial charge in [-0.05, 0) is 29.8 Å². The number of fused-ring (bicyclic) bond motifs is 1. The molecule has 0 aliphatic heterocycles. The van der Waals surface area contributed by atoms with Crippen molar-refractivity contribution in [3.63, 3.8) is 0 Å². The minimum Gasteiger partial charge on any atom is -0.478 e. The van der Waals surface area contributed by atoms with Crippen LogP contribution in [0.1, 0.15) is 15.9 Å². The highest BCUT2D eigenvalue weighted by Gasteiger charge is 2.03. The summed E-state index contributed by atoms with van der Waals surface area (Å²) in [5.74, 6) is -0.909. The number of carboxylic acid groups (broad SMARTS) is 1. The van der Waals surface area contributed by atoms with Gasteiger partial charge in [0, 0.05) is 18.1 Å². The Morgan fingerprint density at radius 3 is 2.57 bits per heavy atom. The number of aromatic nitrogens is 1. The molecular weight excluding hydrogens is 264 g/mol. The van der Waals surface area contributed by atoms with E-state index in [1.807, 2.05) is 42.5 Å². The number of rotatable bonds is 4. The first kappa shape index (κ1) is 13.1. The van der Waals surface area contributed by atoms with Gasteiger partial charge in [-0.1, -0.05) is 30.3 Å². The number of benzene rings is 2. The first-order valence-corrected chi connectivity index (χ1v) is 6.64. The lowest BCUT2D eigenvalue weighted by Crippen LogP contribution is -2.02. The van der Waals surface area contributed by atoms with Gasteiger partial charge in [0.05, 0.1) is 16.8 Å². The lowest BCUT2D eigenvalue weighted by molar-refractivity contribution is 0.0697. The zero-order valence-electron chi connectivity index (χ0n) is 11.3. The van der Waals surface area contributed by atoms with E-state index in [2.05, 4.69) is 10.3 Å². The third-order valence-electron chi connectivity index (χ3n) is 3.32. The largest absolute Gasteiger partial charge is 0.478 e. The van der Waals surface area contributed by atoms with Crippen LogP contribution in [0.3, 0.4) is 0 Å². The summed E-state index contributed by atoms with van der Waals surface area (Å²) in [6.07, 6.45) is 1.77. The molecule has 2 N–H and O–H groups in total. The SMILES string of the molecule is O=C(O)c1ccc(CNc2cccc3cccnc23)cc1. The summed E-state index contributed by atoms with van der Waals surface area (Å²) in [7, 11) is 0. The lowest BCUT2D eigenvalue weighted by Gasteiger charge is -2.09. The van der Waals surface area contributed by atoms with Crippen molar-refractivity contribution < 1.29 is 9.90 Å². The van der Waals surface area contributed by atoms with Gasteiger partial charge in [-0.3, -0.25) is 4.98 Å². The molecule has 0 spiro atoms. The molecule has 0 unspecified atom stereocenters. The summed E-state index contributed by atoms with van der Waals surface area (Å²) >= 11 is 0. The van der Waals surface area contributed by atoms with E-state index in [-0.39, 0.29) is 0 Å². The van der Waals surface area contributed by atoms with Gasteiger partial charge >= 0.3 is 5.97 Å². The van der Waals surface area contributed by atoms with E-state index in [0.717, 1.165) is 22.2 Å². The summed E-state index contributed by atoms with van der Waals surface area (Å²) in [6.45, 7) is 0.621. The van der Waals surface area contributed by atoms with Crippen LogP contribution < -0.4 is 5.32 Å². The molecule has 3 aromatic rings. The molecular formula is C17H14N2O2. The minimum atomic E-state index is -0.909. The summed E-state index contributed by atoms with van der Waals surface area (Å²) in [5.41, 5.74) is 3.22. The molecule has 0 saturated carbocycles. The highest BCUT2D eigenvalue weighted by atomic mass is 16.4. The summed E-state index contributed by atoms with van der Waals surface area (Å²) in [6, 6.07) is 16.8. The van der Waals surface area contributed by atoms with Crippen molar-refractivity contribution >= 4 is 22.6 Å². The summed E-state index contributed by atoms with van der Waals surface area (Å²) in [4.78, 5) is 15.2. The van der Waals surface area contributed by atoms with E-state index < -0.39 is 5.97 Å². The number of nitrogens with zero attached hydrogens (tertiary/aromatic N) is 1. The monoisotopic (exact) mass is 278 g/mol. The molecule has 0 bridgehead atoms. The quantitative estimate of drug-likeness (QED) is 0.766. The number of anilines is 1. The Morgan fingerprint density at radius 2 is 1.81 bits per heavy atom. The molecule has 0 saturated heterocycles. The second-order valence-corrected chi connectivity index (χ2v) is 4.74. The Bertz CT molecular complexity index is 777. The van der Waals surface area contributed by atoms with Crippen molar-refractivity contribution in [3.05, 3.63) is 71.9 Å². The van der Waals surface area contributed by atoms with E-state index in [1.165, 1.54) is 0 Å². The molecule has 0 amide bonds. The number of carbonyl (C=O) groups is 1. The van der Waals surface area contributed by atoms with Crippen LogP contribution in [0.15, 0.2) is 60.8 Å². The fourth-order valence-corrected chi connectivity index (χ4v) is 2.21. The number of carboxylic acids is 1. The highest BCUT2D eigenvalue weighted by Crippen LogP contribution is 2.21. The number of hydrogen-bond donors (Lipinski definition) is 2. The van der Waals surface area contributed by atoms with Gasteiger partial charge in [0.1, 0.15) is 0 Å². The molecule has 21 heavy (non-hydrogen) atoms. The Hall–Kier alpha value is -2.88. The smallest absolute Gasteiger partial charge is 0.335 e. The summed E-state index contributed by atoms with van der Waals surface area (Å²) < 4.78 is 0. The van der Waals surface area contributed by atoms with Crippen LogP contribution in [-0.4, -0.2) is 16.1 Å². The maximum Gasteiger partial charge on any atom is 0.335 e. The predicted molar refractivity (Wildman–Crippen MR) is 82.5 cm³/mol. The average molecular weight is 278 g/mol. The Balaban J connectivity index is 1.79. The van der Waals surface area contributed by atoms with Crippen molar-refractivity contribution in [2.24, 2.45) is 0 Å². The molecule has 4 nitrogen and oxygen atoms in total. The van der Waals surface area contributed by atoms with Crippen LogP contribution >= 0.6 is 0 Å². The normalized spacial score (nSPS) is 10.5. The van der Waals surface area contributed by atoms with Gasteiger partial charge in [-0.25, -0.2) is 4.79 Å². The van der Waals surface area contributed by atoms with Crippen molar-refractivity contribution in [1.82, 2.24) is 4.98 Å². The highest BCUT2D eigenvalue weighted by molar-refractivity contribution is 5.90. The zero-order valence-corrected chi connectivity index (χ0v) is 11.3. The molecule has 0 aliphatic carbocycles. The second-order valence-electron chi connectivity index (χ2n) is 4.74. The topological polar surface area (TPSA) is 62.2 Å². The van der Waals surface area contributed by atoms with E-state index in [1.54, 1.807) is 18.3 Å². The van der Waals surface area contributed by atoms with Crippen molar-refractivity contribution in [3.8, 4) is 0 Å². The Morgan fingerprint density at radius 1 is 1.05 bits per heavy atom. The molecule has 3 rings (SSSR count). The van der Waals surface area contributed by atoms with E-state index >= 15 is 0 Å². The van der Waals surface area contributed by atoms with E-state index in [4.69, 9.17) is 5.11 Å². The van der Waals surface area contributed by atoms with Gasteiger partial charge in [-0.2, -0.15) is 0 Å². The van der Waals surface area contributed by atoms with Gasteiger partial charge in [0.25, 0.3) is 0 Å². The molecule has 0 aliphatic rings. The van der Waals surface area contributed by atoms with E-state index in [9.17, 15) is 4.79 Å². The van der Waals surface area contributed by atoms with E-state index in [0.29, 0.717) is 12.1 Å². The van der Waals surface area contributed by atoms with Crippen LogP contribution in [0.4, 0.5) is 5.69 Å². The third-order valence-corrected chi connectivity index (χ3v) is 3.32. The third kappa shape index (κ3) is 2.84. The van der Waals surface area contributed by atoms with Crippen molar-refractivity contribution in [2.75, 3.05) is 5.32 Å².